The molecule has 0 aromatic heterocycles. The van der Waals surface area contributed by atoms with Crippen LogP contribution in [-0.2, 0) is 4.79 Å². The quantitative estimate of drug-likeness (QED) is 0.556. The van der Waals surface area contributed by atoms with Crippen LogP contribution in [0.4, 0.5) is 0 Å². The molecule has 1 spiro atoms. The molecule has 0 aromatic rings. The summed E-state index contributed by atoms with van der Waals surface area (Å²) in [7, 11) is 0. The minimum atomic E-state index is 0.455. The fourth-order valence-corrected chi connectivity index (χ4v) is 3.34. The number of hydrogen-bond acceptors (Lipinski definition) is 2. The van der Waals surface area contributed by atoms with Crippen LogP contribution < -0.4 is 5.32 Å². The molecule has 1 heterocycles. The van der Waals surface area contributed by atoms with E-state index in [1.54, 1.807) is 0 Å². The number of Topliss-reactive ketones (excluding diaryl/α,β-unsaturated/α-hetero) is 1. The maximum Gasteiger partial charge on any atom is 0.135 e. The molecule has 11 heavy (non-hydrogen) atoms. The summed E-state index contributed by atoms with van der Waals surface area (Å²) in [4.78, 5) is 11.2. The van der Waals surface area contributed by atoms with Gasteiger partial charge in [0.05, 0.1) is 0 Å². The first-order valence-corrected chi connectivity index (χ1v) is 4.59. The third-order valence-corrected chi connectivity index (χ3v) is 3.88. The number of rotatable bonds is 0. The summed E-state index contributed by atoms with van der Waals surface area (Å²) in [6, 6.07) is 1.28. The van der Waals surface area contributed by atoms with Gasteiger partial charge >= 0.3 is 0 Å². The van der Waals surface area contributed by atoms with E-state index in [1.807, 2.05) is 0 Å². The summed E-state index contributed by atoms with van der Waals surface area (Å²) in [5, 5.41) is 3.50. The van der Waals surface area contributed by atoms with Crippen LogP contribution in [-0.4, -0.2) is 17.9 Å². The normalized spacial score (nSPS) is 53.6. The highest BCUT2D eigenvalue weighted by Gasteiger charge is 2.61. The van der Waals surface area contributed by atoms with E-state index in [4.69, 9.17) is 0 Å². The molecular formula is C9H13NO. The predicted octanol–water partition coefficient (Wildman–Crippen LogP) is 0.860. The van der Waals surface area contributed by atoms with Gasteiger partial charge in [-0.25, -0.2) is 0 Å². The van der Waals surface area contributed by atoms with Crippen molar-refractivity contribution in [1.82, 2.24) is 5.32 Å². The molecular weight excluding hydrogens is 138 g/mol. The third-order valence-electron chi connectivity index (χ3n) is 3.88. The van der Waals surface area contributed by atoms with Crippen molar-refractivity contribution in [2.75, 3.05) is 0 Å². The van der Waals surface area contributed by atoms with E-state index < -0.39 is 0 Å². The van der Waals surface area contributed by atoms with Crippen LogP contribution >= 0.6 is 0 Å². The van der Waals surface area contributed by atoms with E-state index in [0.717, 1.165) is 12.8 Å². The molecule has 1 aliphatic heterocycles. The number of carbonyl (C=O) groups is 1. The minimum Gasteiger partial charge on any atom is -0.310 e. The van der Waals surface area contributed by atoms with Crippen molar-refractivity contribution in [1.29, 1.82) is 0 Å². The van der Waals surface area contributed by atoms with Crippen LogP contribution in [0.3, 0.4) is 0 Å². The van der Waals surface area contributed by atoms with E-state index in [2.05, 4.69) is 5.32 Å². The molecule has 3 fully saturated rings. The largest absolute Gasteiger partial charge is 0.310 e. The van der Waals surface area contributed by atoms with E-state index in [1.165, 1.54) is 19.3 Å². The Hall–Kier alpha value is -0.370. The zero-order valence-electron chi connectivity index (χ0n) is 6.60. The standard InChI is InChI=1S/C9H13NO/c11-6-4-8-9(5-6)3-1-2-7(9)10-8/h7-8,10H,1-5H2. The second-order valence-electron chi connectivity index (χ2n) is 4.32. The lowest BCUT2D eigenvalue weighted by atomic mass is 9.70. The van der Waals surface area contributed by atoms with Crippen molar-refractivity contribution < 1.29 is 4.79 Å². The van der Waals surface area contributed by atoms with Crippen molar-refractivity contribution in [3.63, 3.8) is 0 Å². The van der Waals surface area contributed by atoms with Gasteiger partial charge in [-0.15, -0.1) is 0 Å². The van der Waals surface area contributed by atoms with Crippen LogP contribution in [0.2, 0.25) is 0 Å². The molecule has 60 valence electrons. The molecule has 2 saturated carbocycles. The minimum absolute atomic E-state index is 0.455. The zero-order chi connectivity index (χ0) is 7.47. The van der Waals surface area contributed by atoms with Gasteiger partial charge in [0, 0.05) is 30.3 Å². The Morgan fingerprint density at radius 2 is 2.36 bits per heavy atom. The maximum atomic E-state index is 11.2. The summed E-state index contributed by atoms with van der Waals surface area (Å²) >= 11 is 0. The Kier molecular flexibility index (Phi) is 0.947. The molecule has 0 radical (unpaired) electrons. The Morgan fingerprint density at radius 1 is 1.45 bits per heavy atom. The lowest BCUT2D eigenvalue weighted by molar-refractivity contribution is -0.117. The fraction of sp³-hybridized carbons (Fsp3) is 0.889. The molecule has 3 rings (SSSR count). The number of carbonyl (C=O) groups excluding carboxylic acids is 1. The van der Waals surface area contributed by atoms with Crippen LogP contribution in [0.15, 0.2) is 0 Å². The molecule has 2 aliphatic carbocycles. The fourth-order valence-electron chi connectivity index (χ4n) is 3.34. The molecule has 0 bridgehead atoms. The summed E-state index contributed by atoms with van der Waals surface area (Å²) in [5.74, 6) is 0.493. The van der Waals surface area contributed by atoms with E-state index in [0.29, 0.717) is 23.3 Å². The highest BCUT2D eigenvalue weighted by molar-refractivity contribution is 5.83. The lowest BCUT2D eigenvalue weighted by Gasteiger charge is -2.49. The average Bonchev–Trinajstić information content (AvgIpc) is 2.39. The van der Waals surface area contributed by atoms with Crippen molar-refractivity contribution in [3.8, 4) is 0 Å². The van der Waals surface area contributed by atoms with Gasteiger partial charge in [0.2, 0.25) is 0 Å². The summed E-state index contributed by atoms with van der Waals surface area (Å²) < 4.78 is 0. The predicted molar refractivity (Wildman–Crippen MR) is 41.2 cm³/mol. The molecule has 1 N–H and O–H groups in total. The van der Waals surface area contributed by atoms with Gasteiger partial charge in [-0.05, 0) is 12.8 Å². The van der Waals surface area contributed by atoms with Gasteiger partial charge < -0.3 is 5.32 Å². The molecule has 1 saturated heterocycles. The summed E-state index contributed by atoms with van der Waals surface area (Å²) in [5.41, 5.74) is 0.455. The van der Waals surface area contributed by atoms with Crippen LogP contribution in [0.25, 0.3) is 0 Å². The lowest BCUT2D eigenvalue weighted by Crippen LogP contribution is -2.64. The zero-order valence-corrected chi connectivity index (χ0v) is 6.60. The van der Waals surface area contributed by atoms with E-state index >= 15 is 0 Å². The monoisotopic (exact) mass is 151 g/mol. The Balaban J connectivity index is 1.96. The third kappa shape index (κ3) is 0.560. The van der Waals surface area contributed by atoms with Crippen molar-refractivity contribution in [2.45, 2.75) is 44.2 Å². The second-order valence-corrected chi connectivity index (χ2v) is 4.32. The molecule has 0 amide bonds. The van der Waals surface area contributed by atoms with Gasteiger partial charge in [0.15, 0.2) is 0 Å². The van der Waals surface area contributed by atoms with Gasteiger partial charge in [0.25, 0.3) is 0 Å². The van der Waals surface area contributed by atoms with Gasteiger partial charge in [-0.3, -0.25) is 4.79 Å². The van der Waals surface area contributed by atoms with Crippen molar-refractivity contribution in [3.05, 3.63) is 0 Å². The Bertz CT molecular complexity index is 226. The smallest absolute Gasteiger partial charge is 0.135 e. The van der Waals surface area contributed by atoms with E-state index in [-0.39, 0.29) is 0 Å². The first-order chi connectivity index (χ1) is 5.31. The Labute approximate surface area is 66.4 Å². The number of nitrogens with one attached hydrogen (secondary N) is 1. The van der Waals surface area contributed by atoms with Gasteiger partial charge in [-0.2, -0.15) is 0 Å². The van der Waals surface area contributed by atoms with Gasteiger partial charge in [0.1, 0.15) is 5.78 Å². The SMILES string of the molecule is O=C1CC2NC3CCCC32C1. The average molecular weight is 151 g/mol. The Morgan fingerprint density at radius 3 is 3.09 bits per heavy atom. The molecule has 0 aromatic carbocycles. The van der Waals surface area contributed by atoms with Gasteiger partial charge in [-0.1, -0.05) is 6.42 Å². The topological polar surface area (TPSA) is 29.1 Å². The highest BCUT2D eigenvalue weighted by Crippen LogP contribution is 2.55. The first kappa shape index (κ1) is 6.18. The first-order valence-electron chi connectivity index (χ1n) is 4.59. The number of hydrogen-bond donors (Lipinski definition) is 1. The van der Waals surface area contributed by atoms with Crippen molar-refractivity contribution >= 4 is 5.78 Å². The summed E-state index contributed by atoms with van der Waals surface area (Å²) in [6.07, 6.45) is 5.65. The molecule has 3 atom stereocenters. The van der Waals surface area contributed by atoms with Crippen LogP contribution in [0, 0.1) is 5.41 Å². The second kappa shape index (κ2) is 1.69. The molecule has 3 unspecified atom stereocenters. The van der Waals surface area contributed by atoms with Crippen molar-refractivity contribution in [2.24, 2.45) is 5.41 Å². The summed E-state index contributed by atoms with van der Waals surface area (Å²) in [6.45, 7) is 0. The molecule has 3 aliphatic rings. The maximum absolute atomic E-state index is 11.2. The van der Waals surface area contributed by atoms with Crippen LogP contribution in [0.1, 0.15) is 32.1 Å². The molecule has 2 heteroatoms. The van der Waals surface area contributed by atoms with Crippen LogP contribution in [0.5, 0.6) is 0 Å². The number of ketones is 1. The van der Waals surface area contributed by atoms with E-state index in [9.17, 15) is 4.79 Å². The molecule has 2 nitrogen and oxygen atoms in total. The highest BCUT2D eigenvalue weighted by atomic mass is 16.1.